The van der Waals surface area contributed by atoms with Gasteiger partial charge in [-0.1, -0.05) is 6.92 Å². The lowest BCUT2D eigenvalue weighted by molar-refractivity contribution is -0.128. The molecule has 1 aliphatic heterocycles. The Labute approximate surface area is 145 Å². The van der Waals surface area contributed by atoms with E-state index in [1.807, 2.05) is 0 Å². The van der Waals surface area contributed by atoms with Crippen molar-refractivity contribution in [2.45, 2.75) is 30.3 Å². The lowest BCUT2D eigenvalue weighted by Gasteiger charge is -2.33. The molecule has 1 saturated heterocycles. The van der Waals surface area contributed by atoms with Crippen molar-refractivity contribution in [3.63, 3.8) is 0 Å². The molecule has 3 atom stereocenters. The highest BCUT2D eigenvalue weighted by atomic mass is 79.9. The van der Waals surface area contributed by atoms with Crippen LogP contribution in [0.4, 0.5) is 0 Å². The van der Waals surface area contributed by atoms with E-state index in [1.165, 1.54) is 20.3 Å². The molecule has 0 spiro atoms. The summed E-state index contributed by atoms with van der Waals surface area (Å²) in [5.41, 5.74) is 0. The number of likely N-dealkylation sites (N-methyl/N-ethyl adjacent to an activating group) is 1. The Bertz CT molecular complexity index is 504. The molecular weight excluding hydrogens is 364 g/mol. The van der Waals surface area contributed by atoms with Gasteiger partial charge in [-0.3, -0.25) is 9.69 Å². The summed E-state index contributed by atoms with van der Waals surface area (Å²) < 4.78 is 9.05. The molecule has 23 heavy (non-hydrogen) atoms. The highest BCUT2D eigenvalue weighted by Crippen LogP contribution is 2.38. The number of amides is 1. The fraction of sp³-hybridized carbons (Fsp3) is 0.688. The van der Waals surface area contributed by atoms with Crippen molar-refractivity contribution in [2.75, 3.05) is 33.9 Å². The first-order valence-corrected chi connectivity index (χ1v) is 8.68. The van der Waals surface area contributed by atoms with Crippen LogP contribution in [0.1, 0.15) is 19.8 Å². The maximum atomic E-state index is 12.7. The van der Waals surface area contributed by atoms with Crippen molar-refractivity contribution in [3.8, 4) is 0 Å². The Morgan fingerprint density at radius 2 is 2.26 bits per heavy atom. The van der Waals surface area contributed by atoms with Crippen LogP contribution in [-0.2, 0) is 14.3 Å². The number of hydrogen-bond acceptors (Lipinski definition) is 5. The van der Waals surface area contributed by atoms with Gasteiger partial charge in [0, 0.05) is 12.6 Å². The van der Waals surface area contributed by atoms with Gasteiger partial charge in [-0.15, -0.1) is 0 Å². The largest absolute Gasteiger partial charge is 0.496 e. The SMILES string of the molecule is CCN1CCCC1CNC(=O)C1C(OC)=C(OC)C=CC1(O)Br. The first kappa shape index (κ1) is 18.3. The lowest BCUT2D eigenvalue weighted by atomic mass is 9.93. The molecule has 2 aliphatic rings. The van der Waals surface area contributed by atoms with Crippen LogP contribution >= 0.6 is 15.9 Å². The second-order valence-corrected chi connectivity index (χ2v) is 7.07. The minimum Gasteiger partial charge on any atom is -0.496 e. The predicted octanol–water partition coefficient (Wildman–Crippen LogP) is 1.36. The van der Waals surface area contributed by atoms with Gasteiger partial charge in [-0.25, -0.2) is 0 Å². The van der Waals surface area contributed by atoms with E-state index in [9.17, 15) is 9.90 Å². The predicted molar refractivity (Wildman–Crippen MR) is 90.8 cm³/mol. The monoisotopic (exact) mass is 388 g/mol. The number of likely N-dealkylation sites (tertiary alicyclic amines) is 1. The normalized spacial score (nSPS) is 31.3. The van der Waals surface area contributed by atoms with Gasteiger partial charge >= 0.3 is 0 Å². The summed E-state index contributed by atoms with van der Waals surface area (Å²) in [6, 6.07) is 0.350. The van der Waals surface area contributed by atoms with Crippen LogP contribution in [0.15, 0.2) is 23.7 Å². The van der Waals surface area contributed by atoms with Crippen LogP contribution in [0.5, 0.6) is 0 Å². The first-order chi connectivity index (χ1) is 10.9. The Hall–Kier alpha value is -1.05. The van der Waals surface area contributed by atoms with Crippen molar-refractivity contribution in [1.29, 1.82) is 0 Å². The number of aliphatic hydroxyl groups is 1. The molecule has 1 amide bonds. The number of alkyl halides is 1. The third kappa shape index (κ3) is 3.89. The molecule has 0 bridgehead atoms. The van der Waals surface area contributed by atoms with E-state index in [4.69, 9.17) is 9.47 Å². The van der Waals surface area contributed by atoms with Crippen LogP contribution in [0.3, 0.4) is 0 Å². The third-order valence-electron chi connectivity index (χ3n) is 4.50. The Morgan fingerprint density at radius 3 is 2.87 bits per heavy atom. The van der Waals surface area contributed by atoms with Crippen molar-refractivity contribution in [3.05, 3.63) is 23.7 Å². The van der Waals surface area contributed by atoms with Gasteiger partial charge in [0.2, 0.25) is 5.91 Å². The number of rotatable bonds is 6. The third-order valence-corrected chi connectivity index (χ3v) is 5.22. The zero-order chi connectivity index (χ0) is 17.0. The Kier molecular flexibility index (Phi) is 6.11. The molecule has 130 valence electrons. The fourth-order valence-corrected chi connectivity index (χ4v) is 3.80. The van der Waals surface area contributed by atoms with E-state index >= 15 is 0 Å². The summed E-state index contributed by atoms with van der Waals surface area (Å²) in [5, 5.41) is 13.4. The average molecular weight is 389 g/mol. The fourth-order valence-electron chi connectivity index (χ4n) is 3.25. The molecule has 6 nitrogen and oxygen atoms in total. The highest BCUT2D eigenvalue weighted by molar-refractivity contribution is 9.10. The van der Waals surface area contributed by atoms with Crippen molar-refractivity contribution in [1.82, 2.24) is 10.2 Å². The van der Waals surface area contributed by atoms with Crippen molar-refractivity contribution in [2.24, 2.45) is 5.92 Å². The maximum Gasteiger partial charge on any atom is 0.235 e. The number of halogens is 1. The number of carbonyl (C=O) groups excluding carboxylic acids is 1. The summed E-state index contributed by atoms with van der Waals surface area (Å²) in [4.78, 5) is 15.0. The van der Waals surface area contributed by atoms with Gasteiger partial charge in [0.05, 0.1) is 14.2 Å². The zero-order valence-electron chi connectivity index (χ0n) is 13.8. The molecule has 0 saturated carbocycles. The van der Waals surface area contributed by atoms with Crippen LogP contribution < -0.4 is 5.32 Å². The van der Waals surface area contributed by atoms with E-state index in [1.54, 1.807) is 6.08 Å². The molecule has 0 aromatic heterocycles. The minimum atomic E-state index is -1.50. The molecule has 7 heteroatoms. The lowest BCUT2D eigenvalue weighted by Crippen LogP contribution is -2.48. The molecule has 3 unspecified atom stereocenters. The smallest absolute Gasteiger partial charge is 0.235 e. The minimum absolute atomic E-state index is 0.289. The van der Waals surface area contributed by atoms with E-state index in [0.717, 1.165) is 25.9 Å². The molecule has 2 N–H and O–H groups in total. The van der Waals surface area contributed by atoms with E-state index in [-0.39, 0.29) is 5.91 Å². The molecule has 1 heterocycles. The summed E-state index contributed by atoms with van der Waals surface area (Å²) in [6.45, 7) is 4.74. The van der Waals surface area contributed by atoms with Crippen molar-refractivity contribution >= 4 is 21.8 Å². The van der Waals surface area contributed by atoms with Crippen molar-refractivity contribution < 1.29 is 19.4 Å². The van der Waals surface area contributed by atoms with E-state index < -0.39 is 10.4 Å². The topological polar surface area (TPSA) is 71.0 Å². The molecule has 2 rings (SSSR count). The number of hydrogen-bond donors (Lipinski definition) is 2. The number of methoxy groups -OCH3 is 2. The Morgan fingerprint density at radius 1 is 1.52 bits per heavy atom. The van der Waals surface area contributed by atoms with E-state index in [0.29, 0.717) is 24.1 Å². The van der Waals surface area contributed by atoms with Gasteiger partial charge in [0.25, 0.3) is 0 Å². The number of nitrogens with zero attached hydrogens (tertiary/aromatic N) is 1. The molecule has 0 aromatic carbocycles. The summed E-state index contributed by atoms with van der Waals surface area (Å²) in [5.74, 6) is -0.439. The maximum absolute atomic E-state index is 12.7. The molecule has 1 aliphatic carbocycles. The summed E-state index contributed by atoms with van der Waals surface area (Å²) in [7, 11) is 2.97. The number of ether oxygens (including phenoxy) is 2. The average Bonchev–Trinajstić information content (AvgIpc) is 2.98. The number of nitrogens with one attached hydrogen (secondary N) is 1. The second-order valence-electron chi connectivity index (χ2n) is 5.80. The van der Waals surface area contributed by atoms with Crippen LogP contribution in [-0.4, -0.2) is 60.3 Å². The Balaban J connectivity index is 2.09. The highest BCUT2D eigenvalue weighted by Gasteiger charge is 2.45. The molecule has 0 aromatic rings. The second kappa shape index (κ2) is 7.68. The molecule has 0 radical (unpaired) electrons. The van der Waals surface area contributed by atoms with Crippen LogP contribution in [0, 0.1) is 5.92 Å². The van der Waals surface area contributed by atoms with Crippen LogP contribution in [0.25, 0.3) is 0 Å². The number of allylic oxidation sites excluding steroid dienone is 1. The van der Waals surface area contributed by atoms with Gasteiger partial charge in [0.15, 0.2) is 16.0 Å². The quantitative estimate of drug-likeness (QED) is 0.672. The molecule has 1 fully saturated rings. The van der Waals surface area contributed by atoms with Gasteiger partial charge in [-0.2, -0.15) is 0 Å². The summed E-state index contributed by atoms with van der Waals surface area (Å²) in [6.07, 6.45) is 5.31. The van der Waals surface area contributed by atoms with Gasteiger partial charge < -0.3 is 19.9 Å². The standard InChI is InChI=1S/C16H25BrN2O4/c1-4-19-9-5-6-11(19)10-18-15(20)13-14(23-3)12(22-2)7-8-16(13,17)21/h7-8,11,13,21H,4-6,9-10H2,1-3H3,(H,18,20). The van der Waals surface area contributed by atoms with Crippen LogP contribution in [0.2, 0.25) is 0 Å². The first-order valence-electron chi connectivity index (χ1n) is 7.89. The molecular formula is C16H25BrN2O4. The number of carbonyl (C=O) groups is 1. The van der Waals surface area contributed by atoms with E-state index in [2.05, 4.69) is 33.1 Å². The zero-order valence-corrected chi connectivity index (χ0v) is 15.4. The van der Waals surface area contributed by atoms with Gasteiger partial charge in [-0.05, 0) is 54.0 Å². The van der Waals surface area contributed by atoms with Gasteiger partial charge in [0.1, 0.15) is 5.92 Å². The summed E-state index contributed by atoms with van der Waals surface area (Å²) >= 11 is 3.20.